The molecule has 0 aliphatic carbocycles. The van der Waals surface area contributed by atoms with Crippen molar-refractivity contribution in [2.24, 2.45) is 5.10 Å². The Balaban J connectivity index is 2.00. The van der Waals surface area contributed by atoms with Gasteiger partial charge in [-0.05, 0) is 31.5 Å². The van der Waals surface area contributed by atoms with Crippen molar-refractivity contribution >= 4 is 17.8 Å². The Hall–Kier alpha value is -3.23. The lowest BCUT2D eigenvalue weighted by atomic mass is 10.2. The first-order valence-electron chi connectivity index (χ1n) is 6.68. The second-order valence-electron chi connectivity index (χ2n) is 4.82. The van der Waals surface area contributed by atoms with Gasteiger partial charge in [0.2, 0.25) is 0 Å². The molecule has 0 unspecified atom stereocenters. The van der Waals surface area contributed by atoms with E-state index >= 15 is 0 Å². The number of hydrazone groups is 1. The summed E-state index contributed by atoms with van der Waals surface area (Å²) in [7, 11) is 0. The number of aromatic nitrogens is 2. The molecule has 0 aliphatic rings. The first-order valence-corrected chi connectivity index (χ1v) is 6.68. The molecule has 0 bridgehead atoms. The van der Waals surface area contributed by atoms with Crippen LogP contribution in [0.25, 0.3) is 0 Å². The van der Waals surface area contributed by atoms with Crippen LogP contribution in [0.1, 0.15) is 17.0 Å². The maximum atomic E-state index is 11.8. The fraction of sp³-hybridized carbons (Fsp3) is 0.214. The monoisotopic (exact) mass is 317 g/mol. The third-order valence-electron chi connectivity index (χ3n) is 3.09. The van der Waals surface area contributed by atoms with Gasteiger partial charge in [-0.2, -0.15) is 10.2 Å². The van der Waals surface area contributed by atoms with Gasteiger partial charge in [-0.15, -0.1) is 0 Å². The molecular weight excluding hydrogens is 302 g/mol. The standard InChI is InChI=1S/C14H15N5O4/c1-9-14(19(22)23)10(2)18(17-9)8-13(21)16-15-7-11-4-3-5-12(20)6-11/h3-7,20H,8H2,1-2H3,(H,16,21)/b15-7+. The molecule has 0 fully saturated rings. The van der Waals surface area contributed by atoms with Crippen molar-refractivity contribution < 1.29 is 14.8 Å². The number of phenols is 1. The van der Waals surface area contributed by atoms with Crippen LogP contribution in [-0.4, -0.2) is 31.9 Å². The van der Waals surface area contributed by atoms with Gasteiger partial charge in [-0.25, -0.2) is 5.43 Å². The van der Waals surface area contributed by atoms with Crippen LogP contribution in [0.3, 0.4) is 0 Å². The number of hydrogen-bond acceptors (Lipinski definition) is 6. The van der Waals surface area contributed by atoms with Crippen LogP contribution in [0.4, 0.5) is 5.69 Å². The van der Waals surface area contributed by atoms with Gasteiger partial charge in [-0.3, -0.25) is 19.6 Å². The number of hydrogen-bond donors (Lipinski definition) is 2. The zero-order valence-electron chi connectivity index (χ0n) is 12.6. The average molecular weight is 317 g/mol. The predicted octanol–water partition coefficient (Wildman–Crippen LogP) is 1.26. The van der Waals surface area contributed by atoms with Crippen LogP contribution in [0.5, 0.6) is 5.75 Å². The van der Waals surface area contributed by atoms with Gasteiger partial charge in [0.1, 0.15) is 23.7 Å². The fourth-order valence-corrected chi connectivity index (χ4v) is 2.06. The van der Waals surface area contributed by atoms with E-state index in [1.165, 1.54) is 36.9 Å². The number of carbonyl (C=O) groups is 1. The molecule has 0 radical (unpaired) electrons. The molecule has 0 aliphatic heterocycles. The smallest absolute Gasteiger partial charge is 0.312 e. The van der Waals surface area contributed by atoms with Gasteiger partial charge in [0.15, 0.2) is 0 Å². The van der Waals surface area contributed by atoms with E-state index in [2.05, 4.69) is 15.6 Å². The topological polar surface area (TPSA) is 123 Å². The molecule has 1 aromatic heterocycles. The van der Waals surface area contributed by atoms with Gasteiger partial charge in [0.05, 0.1) is 11.1 Å². The summed E-state index contributed by atoms with van der Waals surface area (Å²) in [6.07, 6.45) is 1.38. The van der Waals surface area contributed by atoms with E-state index < -0.39 is 10.8 Å². The van der Waals surface area contributed by atoms with E-state index in [0.717, 1.165) is 0 Å². The lowest BCUT2D eigenvalue weighted by molar-refractivity contribution is -0.386. The van der Waals surface area contributed by atoms with Crippen molar-refractivity contribution in [2.45, 2.75) is 20.4 Å². The van der Waals surface area contributed by atoms with E-state index in [0.29, 0.717) is 11.3 Å². The number of amides is 1. The minimum Gasteiger partial charge on any atom is -0.508 e. The van der Waals surface area contributed by atoms with E-state index in [-0.39, 0.29) is 23.7 Å². The molecule has 9 nitrogen and oxygen atoms in total. The van der Waals surface area contributed by atoms with Crippen LogP contribution in [0.2, 0.25) is 0 Å². The highest BCUT2D eigenvalue weighted by Crippen LogP contribution is 2.21. The summed E-state index contributed by atoms with van der Waals surface area (Å²) in [4.78, 5) is 22.2. The molecule has 2 N–H and O–H groups in total. The molecule has 1 aromatic carbocycles. The molecule has 0 atom stereocenters. The molecule has 0 spiro atoms. The molecule has 120 valence electrons. The molecule has 2 rings (SSSR count). The van der Waals surface area contributed by atoms with Gasteiger partial charge >= 0.3 is 5.69 Å². The molecule has 2 aromatic rings. The zero-order chi connectivity index (χ0) is 17.0. The van der Waals surface area contributed by atoms with Crippen LogP contribution >= 0.6 is 0 Å². The van der Waals surface area contributed by atoms with Crippen molar-refractivity contribution in [3.8, 4) is 5.75 Å². The summed E-state index contributed by atoms with van der Waals surface area (Å²) in [6.45, 7) is 2.86. The first kappa shape index (κ1) is 16.1. The van der Waals surface area contributed by atoms with Crippen LogP contribution in [0, 0.1) is 24.0 Å². The highest BCUT2D eigenvalue weighted by molar-refractivity contribution is 5.82. The number of phenolic OH excluding ortho intramolecular Hbond substituents is 1. The second kappa shape index (κ2) is 6.69. The van der Waals surface area contributed by atoms with Gasteiger partial charge in [0.25, 0.3) is 5.91 Å². The molecule has 1 heterocycles. The minimum atomic E-state index is -0.522. The van der Waals surface area contributed by atoms with Crippen LogP contribution in [0.15, 0.2) is 29.4 Å². The Bertz CT molecular complexity index is 781. The highest BCUT2D eigenvalue weighted by Gasteiger charge is 2.22. The fourth-order valence-electron chi connectivity index (χ4n) is 2.06. The highest BCUT2D eigenvalue weighted by atomic mass is 16.6. The maximum absolute atomic E-state index is 11.8. The number of aromatic hydroxyl groups is 1. The minimum absolute atomic E-state index is 0.0928. The molecule has 23 heavy (non-hydrogen) atoms. The summed E-state index contributed by atoms with van der Waals surface area (Å²) in [5, 5.41) is 28.0. The lowest BCUT2D eigenvalue weighted by Gasteiger charge is -2.02. The largest absolute Gasteiger partial charge is 0.508 e. The summed E-state index contributed by atoms with van der Waals surface area (Å²) < 4.78 is 1.26. The van der Waals surface area contributed by atoms with Crippen molar-refractivity contribution in [3.63, 3.8) is 0 Å². The van der Waals surface area contributed by atoms with E-state index in [4.69, 9.17) is 0 Å². The molecule has 1 amide bonds. The van der Waals surface area contributed by atoms with E-state index in [1.807, 2.05) is 0 Å². The van der Waals surface area contributed by atoms with Crippen molar-refractivity contribution in [3.05, 3.63) is 51.3 Å². The van der Waals surface area contributed by atoms with Gasteiger partial charge < -0.3 is 5.11 Å². The molecule has 9 heteroatoms. The SMILES string of the molecule is Cc1nn(CC(=O)N/N=C/c2cccc(O)c2)c(C)c1[N+](=O)[O-]. The zero-order valence-corrected chi connectivity index (χ0v) is 12.6. The number of carbonyl (C=O) groups excluding carboxylic acids is 1. The van der Waals surface area contributed by atoms with E-state index in [9.17, 15) is 20.0 Å². The lowest BCUT2D eigenvalue weighted by Crippen LogP contribution is -2.24. The second-order valence-corrected chi connectivity index (χ2v) is 4.82. The summed E-state index contributed by atoms with van der Waals surface area (Å²) in [5.41, 5.74) is 3.38. The number of nitrogens with zero attached hydrogens (tertiary/aromatic N) is 4. The molecular formula is C14H15N5O4. The quantitative estimate of drug-likeness (QED) is 0.488. The third kappa shape index (κ3) is 3.90. The van der Waals surface area contributed by atoms with Crippen molar-refractivity contribution in [2.75, 3.05) is 0 Å². The van der Waals surface area contributed by atoms with Crippen molar-refractivity contribution in [1.29, 1.82) is 0 Å². The Morgan fingerprint density at radius 3 is 2.87 bits per heavy atom. The van der Waals surface area contributed by atoms with Gasteiger partial charge in [-0.1, -0.05) is 12.1 Å². The molecule has 0 saturated heterocycles. The van der Waals surface area contributed by atoms with Crippen molar-refractivity contribution in [1.82, 2.24) is 15.2 Å². The van der Waals surface area contributed by atoms with Crippen LogP contribution in [-0.2, 0) is 11.3 Å². The Morgan fingerprint density at radius 2 is 2.26 bits per heavy atom. The Morgan fingerprint density at radius 1 is 1.52 bits per heavy atom. The normalized spacial score (nSPS) is 10.9. The average Bonchev–Trinajstić information content (AvgIpc) is 2.73. The summed E-state index contributed by atoms with van der Waals surface area (Å²) in [6, 6.07) is 6.36. The number of aryl methyl sites for hydroxylation is 1. The predicted molar refractivity (Wildman–Crippen MR) is 82.2 cm³/mol. The van der Waals surface area contributed by atoms with Gasteiger partial charge in [0, 0.05) is 0 Å². The molecule has 0 saturated carbocycles. The number of nitro groups is 1. The number of nitrogens with one attached hydrogen (secondary N) is 1. The maximum Gasteiger partial charge on any atom is 0.312 e. The Kier molecular flexibility index (Phi) is 4.69. The Labute approximate surface area is 131 Å². The summed E-state index contributed by atoms with van der Waals surface area (Å²) >= 11 is 0. The van der Waals surface area contributed by atoms with E-state index in [1.54, 1.807) is 12.1 Å². The summed E-state index contributed by atoms with van der Waals surface area (Å²) in [5.74, 6) is -0.378. The van der Waals surface area contributed by atoms with Crippen LogP contribution < -0.4 is 5.43 Å². The number of rotatable bonds is 5. The first-order chi connectivity index (χ1) is 10.9. The third-order valence-corrected chi connectivity index (χ3v) is 3.09. The number of benzene rings is 1.